The average Bonchev–Trinajstić information content (AvgIpc) is 2.65. The van der Waals surface area contributed by atoms with E-state index in [1.807, 2.05) is 39.8 Å². The second-order valence-electron chi connectivity index (χ2n) is 7.83. The summed E-state index contributed by atoms with van der Waals surface area (Å²) in [6, 6.07) is 0.378. The molecule has 1 aliphatic rings. The van der Waals surface area contributed by atoms with Crippen LogP contribution in [0.5, 0.6) is 0 Å². The Labute approximate surface area is 172 Å². The number of rotatable bonds is 15. The molecule has 1 unspecified atom stereocenters. The normalized spacial score (nSPS) is 17.4. The molecule has 1 rings (SSSR count). The second-order valence-corrected chi connectivity index (χ2v) is 10.4. The Hall–Kier alpha value is -0.513. The number of hydrogen-bond donors (Lipinski definition) is 1. The third-order valence-electron chi connectivity index (χ3n) is 5.31. The van der Waals surface area contributed by atoms with Gasteiger partial charge in [0.1, 0.15) is 0 Å². The van der Waals surface area contributed by atoms with Crippen LogP contribution in [0.15, 0.2) is 0 Å². The smallest absolute Gasteiger partial charge is 0.481 e. The van der Waals surface area contributed by atoms with E-state index in [4.69, 9.17) is 13.3 Å². The number of hydrogen-bond acceptors (Lipinski definition) is 6. The zero-order chi connectivity index (χ0) is 21.0. The van der Waals surface area contributed by atoms with Gasteiger partial charge in [-0.15, -0.1) is 0 Å². The van der Waals surface area contributed by atoms with Gasteiger partial charge in [0.05, 0.1) is 12.1 Å². The molecule has 0 radical (unpaired) electrons. The molecule has 1 atom stereocenters. The molecule has 8 heteroatoms. The molecule has 7 nitrogen and oxygen atoms in total. The van der Waals surface area contributed by atoms with E-state index in [9.17, 15) is 9.90 Å². The van der Waals surface area contributed by atoms with E-state index in [1.54, 1.807) is 0 Å². The Morgan fingerprint density at radius 2 is 1.57 bits per heavy atom. The lowest BCUT2D eigenvalue weighted by molar-refractivity contribution is -0.143. The summed E-state index contributed by atoms with van der Waals surface area (Å²) in [5, 5.41) is 9.81. The standard InChI is InChI=1S/C20H42N2O5Si/c1-6-25-28(26-7-2,27-8-3)17-22(19-12-10-9-11-13-19)16-18(20(23)24)14-15-21(4)5/h18-19H,6-17H2,1-5H3,(H,23,24). The summed E-state index contributed by atoms with van der Waals surface area (Å²) in [6.07, 6.45) is 7.07. The van der Waals surface area contributed by atoms with Gasteiger partial charge >= 0.3 is 14.8 Å². The van der Waals surface area contributed by atoms with Crippen LogP contribution >= 0.6 is 0 Å². The van der Waals surface area contributed by atoms with E-state index in [-0.39, 0.29) is 0 Å². The molecule has 0 spiro atoms. The topological polar surface area (TPSA) is 71.5 Å². The zero-order valence-electron chi connectivity index (χ0n) is 18.6. The van der Waals surface area contributed by atoms with Crippen molar-refractivity contribution in [2.75, 3.05) is 53.2 Å². The summed E-state index contributed by atoms with van der Waals surface area (Å²) in [6.45, 7) is 8.77. The molecule has 166 valence electrons. The van der Waals surface area contributed by atoms with Crippen LogP contribution in [0.25, 0.3) is 0 Å². The fourth-order valence-electron chi connectivity index (χ4n) is 3.95. The Morgan fingerprint density at radius 1 is 1.04 bits per heavy atom. The highest BCUT2D eigenvalue weighted by atomic mass is 28.4. The van der Waals surface area contributed by atoms with Crippen LogP contribution in [0.1, 0.15) is 59.3 Å². The maximum absolute atomic E-state index is 11.9. The molecule has 28 heavy (non-hydrogen) atoms. The van der Waals surface area contributed by atoms with E-state index in [0.717, 1.165) is 19.4 Å². The molecule has 1 N–H and O–H groups in total. The number of carboxylic acids is 1. The molecule has 1 saturated carbocycles. The number of carboxylic acid groups (broad SMARTS) is 1. The van der Waals surface area contributed by atoms with Gasteiger partial charge in [-0.1, -0.05) is 19.3 Å². The van der Waals surface area contributed by atoms with Crippen molar-refractivity contribution >= 4 is 14.8 Å². The fourth-order valence-corrected chi connectivity index (χ4v) is 6.68. The van der Waals surface area contributed by atoms with Crippen molar-refractivity contribution in [3.05, 3.63) is 0 Å². The van der Waals surface area contributed by atoms with Crippen LogP contribution in [-0.2, 0) is 18.1 Å². The SMILES string of the molecule is CCO[Si](CN(CC(CCN(C)C)C(=O)O)C1CCCCC1)(OCC)OCC. The van der Waals surface area contributed by atoms with Gasteiger partial charge in [0.15, 0.2) is 0 Å². The molecule has 0 amide bonds. The molecule has 0 aromatic carbocycles. The van der Waals surface area contributed by atoms with Gasteiger partial charge in [0.25, 0.3) is 0 Å². The molecule has 1 aliphatic carbocycles. The number of nitrogens with zero attached hydrogens (tertiary/aromatic N) is 2. The summed E-state index contributed by atoms with van der Waals surface area (Å²) in [7, 11) is 1.10. The Morgan fingerprint density at radius 3 is 2.00 bits per heavy atom. The average molecular weight is 419 g/mol. The predicted octanol–water partition coefficient (Wildman–Crippen LogP) is 2.86. The summed E-state index contributed by atoms with van der Waals surface area (Å²) in [5.74, 6) is -1.12. The van der Waals surface area contributed by atoms with Gasteiger partial charge in [-0.25, -0.2) is 0 Å². The highest BCUT2D eigenvalue weighted by Crippen LogP contribution is 2.26. The van der Waals surface area contributed by atoms with Crippen molar-refractivity contribution in [1.29, 1.82) is 0 Å². The highest BCUT2D eigenvalue weighted by molar-refractivity contribution is 6.60. The van der Waals surface area contributed by atoms with Crippen LogP contribution < -0.4 is 0 Å². The maximum atomic E-state index is 11.9. The lowest BCUT2D eigenvalue weighted by Crippen LogP contribution is -2.58. The van der Waals surface area contributed by atoms with Crippen LogP contribution in [0.3, 0.4) is 0 Å². The van der Waals surface area contributed by atoms with E-state index in [0.29, 0.717) is 45.0 Å². The minimum Gasteiger partial charge on any atom is -0.481 e. The molecule has 0 bridgehead atoms. The Bertz CT molecular complexity index is 416. The molecule has 0 aromatic rings. The summed E-state index contributed by atoms with van der Waals surface area (Å²) in [5.41, 5.74) is 0. The predicted molar refractivity (Wildman–Crippen MR) is 113 cm³/mol. The van der Waals surface area contributed by atoms with Crippen molar-refractivity contribution in [3.63, 3.8) is 0 Å². The van der Waals surface area contributed by atoms with Gasteiger partial charge in [0, 0.05) is 32.4 Å². The zero-order valence-corrected chi connectivity index (χ0v) is 19.6. The maximum Gasteiger partial charge on any atom is 0.515 e. The van der Waals surface area contributed by atoms with Crippen molar-refractivity contribution in [3.8, 4) is 0 Å². The minimum atomic E-state index is -2.87. The highest BCUT2D eigenvalue weighted by Gasteiger charge is 2.44. The van der Waals surface area contributed by atoms with Gasteiger partial charge in [-0.05, 0) is 60.7 Å². The summed E-state index contributed by atoms with van der Waals surface area (Å²) < 4.78 is 18.2. The monoisotopic (exact) mass is 418 g/mol. The molecule has 1 fully saturated rings. The van der Waals surface area contributed by atoms with Crippen LogP contribution in [0.2, 0.25) is 0 Å². The third kappa shape index (κ3) is 8.88. The first-order valence-electron chi connectivity index (χ1n) is 10.9. The first-order chi connectivity index (χ1) is 13.4. The van der Waals surface area contributed by atoms with Crippen molar-refractivity contribution in [1.82, 2.24) is 9.80 Å². The van der Waals surface area contributed by atoms with E-state index >= 15 is 0 Å². The van der Waals surface area contributed by atoms with Crippen molar-refractivity contribution in [2.45, 2.75) is 65.3 Å². The largest absolute Gasteiger partial charge is 0.515 e. The van der Waals surface area contributed by atoms with Gasteiger partial charge in [0.2, 0.25) is 0 Å². The molecular weight excluding hydrogens is 376 g/mol. The van der Waals surface area contributed by atoms with E-state index in [2.05, 4.69) is 4.90 Å². The van der Waals surface area contributed by atoms with Crippen LogP contribution in [0.4, 0.5) is 0 Å². The number of carbonyl (C=O) groups is 1. The second kappa shape index (κ2) is 13.7. The first-order valence-corrected chi connectivity index (χ1v) is 12.8. The molecule has 0 heterocycles. The van der Waals surface area contributed by atoms with Crippen LogP contribution in [0, 0.1) is 5.92 Å². The molecule has 0 aliphatic heterocycles. The quantitative estimate of drug-likeness (QED) is 0.410. The summed E-state index contributed by atoms with van der Waals surface area (Å²) >= 11 is 0. The Kier molecular flexibility index (Phi) is 12.5. The molecular formula is C20H42N2O5Si. The lowest BCUT2D eigenvalue weighted by Gasteiger charge is -2.40. The lowest BCUT2D eigenvalue weighted by atomic mass is 9.93. The molecule has 0 saturated heterocycles. The summed E-state index contributed by atoms with van der Waals surface area (Å²) in [4.78, 5) is 16.3. The minimum absolute atomic E-state index is 0.378. The fraction of sp³-hybridized carbons (Fsp3) is 0.950. The van der Waals surface area contributed by atoms with Crippen LogP contribution in [-0.4, -0.2) is 88.9 Å². The van der Waals surface area contributed by atoms with Crippen molar-refractivity contribution in [2.24, 2.45) is 5.92 Å². The Balaban J connectivity index is 3.02. The van der Waals surface area contributed by atoms with E-state index in [1.165, 1.54) is 19.3 Å². The van der Waals surface area contributed by atoms with Gasteiger partial charge < -0.3 is 23.3 Å². The number of aliphatic carboxylic acids is 1. The van der Waals surface area contributed by atoms with Gasteiger partial charge in [-0.2, -0.15) is 0 Å². The third-order valence-corrected chi connectivity index (χ3v) is 8.29. The first kappa shape index (κ1) is 25.5. The van der Waals surface area contributed by atoms with E-state index < -0.39 is 20.7 Å². The van der Waals surface area contributed by atoms with Crippen molar-refractivity contribution < 1.29 is 23.2 Å². The van der Waals surface area contributed by atoms with Gasteiger partial charge in [-0.3, -0.25) is 9.69 Å². The molecule has 0 aromatic heterocycles.